The molecule has 0 spiro atoms. The van der Waals surface area contributed by atoms with Crippen LogP contribution in [-0.4, -0.2) is 11.9 Å². The van der Waals surface area contributed by atoms with Crippen molar-refractivity contribution in [3.63, 3.8) is 0 Å². The lowest BCUT2D eigenvalue weighted by atomic mass is 9.78. The number of anilines is 1. The normalized spacial score (nSPS) is 19.6. The van der Waals surface area contributed by atoms with Gasteiger partial charge in [0.05, 0.1) is 0 Å². The van der Waals surface area contributed by atoms with Crippen LogP contribution in [0.25, 0.3) is 0 Å². The third kappa shape index (κ3) is 4.55. The van der Waals surface area contributed by atoms with Crippen LogP contribution in [-0.2, 0) is 9.59 Å². The number of carboxylic acid groups (broad SMARTS) is 1. The summed E-state index contributed by atoms with van der Waals surface area (Å²) in [6, 6.07) is 13.9. The summed E-state index contributed by atoms with van der Waals surface area (Å²) in [7, 11) is 0. The van der Waals surface area contributed by atoms with Crippen LogP contribution in [0.15, 0.2) is 48.5 Å². The number of carboxylic acids is 1. The fourth-order valence-corrected chi connectivity index (χ4v) is 3.33. The van der Waals surface area contributed by atoms with Gasteiger partial charge in [-0.1, -0.05) is 24.4 Å². The molecule has 0 radical (unpaired) electrons. The Morgan fingerprint density at radius 3 is 2.04 bits per heavy atom. The van der Waals surface area contributed by atoms with Crippen molar-refractivity contribution in [2.75, 3.05) is 5.32 Å². The molecule has 1 amide bonds. The number of hydrogen-bond acceptors (Lipinski definition) is 4. The van der Waals surface area contributed by atoms with Crippen LogP contribution in [0.5, 0.6) is 11.5 Å². The first-order valence-corrected chi connectivity index (χ1v) is 8.96. The Hall–Kier alpha value is -2.53. The number of carbonyl (C=O) groups excluding carboxylic acids is 2. The van der Waals surface area contributed by atoms with Gasteiger partial charge in [0.25, 0.3) is 0 Å². The Morgan fingerprint density at radius 2 is 1.46 bits per heavy atom. The van der Waals surface area contributed by atoms with Gasteiger partial charge in [-0.3, -0.25) is 4.79 Å². The Morgan fingerprint density at radius 1 is 0.923 bits per heavy atom. The van der Waals surface area contributed by atoms with E-state index in [1.165, 1.54) is 0 Å². The average molecular weight is 373 g/mol. The van der Waals surface area contributed by atoms with Gasteiger partial charge >= 0.3 is 0 Å². The van der Waals surface area contributed by atoms with Crippen molar-refractivity contribution in [1.82, 2.24) is 0 Å². The van der Waals surface area contributed by atoms with Crippen LogP contribution in [0.3, 0.4) is 0 Å². The van der Waals surface area contributed by atoms with Crippen LogP contribution < -0.4 is 15.2 Å². The van der Waals surface area contributed by atoms with Gasteiger partial charge in [0.2, 0.25) is 5.91 Å². The van der Waals surface area contributed by atoms with Crippen LogP contribution in [0.2, 0.25) is 5.02 Å². The van der Waals surface area contributed by atoms with Crippen molar-refractivity contribution in [2.24, 2.45) is 11.8 Å². The largest absolute Gasteiger partial charge is 0.550 e. The molecule has 2 aromatic carbocycles. The van der Waals surface area contributed by atoms with Gasteiger partial charge in [-0.25, -0.2) is 0 Å². The highest BCUT2D eigenvalue weighted by molar-refractivity contribution is 6.30. The van der Waals surface area contributed by atoms with E-state index in [1.807, 2.05) is 0 Å². The van der Waals surface area contributed by atoms with Crippen molar-refractivity contribution in [3.05, 3.63) is 53.6 Å². The molecule has 136 valence electrons. The first kappa shape index (κ1) is 18.3. The van der Waals surface area contributed by atoms with Crippen molar-refractivity contribution in [1.29, 1.82) is 0 Å². The number of rotatable bonds is 5. The molecule has 1 aliphatic carbocycles. The summed E-state index contributed by atoms with van der Waals surface area (Å²) >= 11 is 5.84. The molecular weight excluding hydrogens is 354 g/mol. The lowest BCUT2D eigenvalue weighted by molar-refractivity contribution is -0.313. The van der Waals surface area contributed by atoms with E-state index in [0.29, 0.717) is 35.1 Å². The highest BCUT2D eigenvalue weighted by Crippen LogP contribution is 2.31. The van der Waals surface area contributed by atoms with Gasteiger partial charge in [0.15, 0.2) is 0 Å². The molecule has 1 fully saturated rings. The molecular formula is C20H19ClNO4-. The van der Waals surface area contributed by atoms with Gasteiger partial charge in [-0.15, -0.1) is 0 Å². The SMILES string of the molecule is O=C([O-])[C@H]1CCCC[C@@H]1C(=O)Nc1ccc(Oc2ccc(Cl)cc2)cc1. The fraction of sp³-hybridized carbons (Fsp3) is 0.300. The van der Waals surface area contributed by atoms with Gasteiger partial charge in [0.1, 0.15) is 11.5 Å². The molecule has 26 heavy (non-hydrogen) atoms. The maximum Gasteiger partial charge on any atom is 0.228 e. The molecule has 0 unspecified atom stereocenters. The van der Waals surface area contributed by atoms with Crippen molar-refractivity contribution < 1.29 is 19.4 Å². The Labute approximate surface area is 156 Å². The maximum absolute atomic E-state index is 12.4. The van der Waals surface area contributed by atoms with Crippen LogP contribution in [0.4, 0.5) is 5.69 Å². The lowest BCUT2D eigenvalue weighted by Crippen LogP contribution is -2.42. The molecule has 1 N–H and O–H groups in total. The zero-order chi connectivity index (χ0) is 18.5. The molecule has 2 aromatic rings. The summed E-state index contributed by atoms with van der Waals surface area (Å²) < 4.78 is 5.70. The van der Waals surface area contributed by atoms with Crippen LogP contribution in [0.1, 0.15) is 25.7 Å². The Balaban J connectivity index is 1.62. The molecule has 1 aliphatic rings. The van der Waals surface area contributed by atoms with Crippen LogP contribution in [0, 0.1) is 11.8 Å². The number of benzene rings is 2. The number of ether oxygens (including phenoxy) is 1. The Kier molecular flexibility index (Phi) is 5.78. The van der Waals surface area contributed by atoms with Gasteiger partial charge in [-0.2, -0.15) is 0 Å². The monoisotopic (exact) mass is 372 g/mol. The third-order valence-corrected chi connectivity index (χ3v) is 4.83. The van der Waals surface area contributed by atoms with E-state index >= 15 is 0 Å². The van der Waals surface area contributed by atoms with Gasteiger partial charge < -0.3 is 20.0 Å². The second-order valence-corrected chi connectivity index (χ2v) is 6.82. The summed E-state index contributed by atoms with van der Waals surface area (Å²) in [4.78, 5) is 23.7. The second kappa shape index (κ2) is 8.23. The number of halogens is 1. The van der Waals surface area contributed by atoms with Gasteiger partial charge in [-0.05, 0) is 61.4 Å². The highest BCUT2D eigenvalue weighted by Gasteiger charge is 2.31. The quantitative estimate of drug-likeness (QED) is 0.869. The minimum atomic E-state index is -1.14. The highest BCUT2D eigenvalue weighted by atomic mass is 35.5. The molecule has 0 aromatic heterocycles. The maximum atomic E-state index is 12.4. The first-order chi connectivity index (χ1) is 12.5. The fourth-order valence-electron chi connectivity index (χ4n) is 3.21. The van der Waals surface area contributed by atoms with E-state index in [0.717, 1.165) is 12.8 Å². The van der Waals surface area contributed by atoms with E-state index in [9.17, 15) is 14.7 Å². The lowest BCUT2D eigenvalue weighted by Gasteiger charge is -2.31. The van der Waals surface area contributed by atoms with Gasteiger partial charge in [0, 0.05) is 28.5 Å². The predicted octanol–water partition coefficient (Wildman–Crippen LogP) is 3.63. The van der Waals surface area contributed by atoms with E-state index < -0.39 is 17.8 Å². The first-order valence-electron chi connectivity index (χ1n) is 8.58. The molecule has 1 saturated carbocycles. The molecule has 3 rings (SSSR count). The number of nitrogens with one attached hydrogen (secondary N) is 1. The van der Waals surface area contributed by atoms with E-state index in [2.05, 4.69) is 5.32 Å². The summed E-state index contributed by atoms with van der Waals surface area (Å²) in [6.45, 7) is 0. The molecule has 0 aliphatic heterocycles. The van der Waals surface area contributed by atoms with E-state index in [1.54, 1.807) is 48.5 Å². The minimum absolute atomic E-state index is 0.273. The summed E-state index contributed by atoms with van der Waals surface area (Å²) in [5.74, 6) is -1.39. The Bertz CT molecular complexity index is 773. The standard InChI is InChI=1S/C20H20ClNO4/c21-13-5-9-15(10-6-13)26-16-11-7-14(8-12-16)22-19(23)17-3-1-2-4-18(17)20(24)25/h5-12,17-18H,1-4H2,(H,22,23)(H,24,25)/p-1/t17-,18-/m0/s1. The molecule has 0 heterocycles. The summed E-state index contributed by atoms with van der Waals surface area (Å²) in [5, 5.41) is 14.7. The second-order valence-electron chi connectivity index (χ2n) is 6.39. The molecule has 0 saturated heterocycles. The average Bonchev–Trinajstić information content (AvgIpc) is 2.65. The number of aliphatic carboxylic acids is 1. The van der Waals surface area contributed by atoms with E-state index in [-0.39, 0.29) is 5.91 Å². The summed E-state index contributed by atoms with van der Waals surface area (Å²) in [6.07, 6.45) is 2.74. The number of carbonyl (C=O) groups is 2. The van der Waals surface area contributed by atoms with Crippen LogP contribution >= 0.6 is 11.6 Å². The smallest absolute Gasteiger partial charge is 0.228 e. The molecule has 0 bridgehead atoms. The zero-order valence-corrected chi connectivity index (χ0v) is 14.9. The number of hydrogen-bond donors (Lipinski definition) is 1. The topological polar surface area (TPSA) is 78.5 Å². The predicted molar refractivity (Wildman–Crippen MR) is 97.1 cm³/mol. The minimum Gasteiger partial charge on any atom is -0.550 e. The molecule has 6 heteroatoms. The van der Waals surface area contributed by atoms with Crippen molar-refractivity contribution in [2.45, 2.75) is 25.7 Å². The zero-order valence-electron chi connectivity index (χ0n) is 14.1. The number of amides is 1. The van der Waals surface area contributed by atoms with Crippen molar-refractivity contribution >= 4 is 29.2 Å². The molecule has 2 atom stereocenters. The third-order valence-electron chi connectivity index (χ3n) is 4.58. The van der Waals surface area contributed by atoms with E-state index in [4.69, 9.17) is 16.3 Å². The van der Waals surface area contributed by atoms with Crippen molar-refractivity contribution in [3.8, 4) is 11.5 Å². The molecule has 5 nitrogen and oxygen atoms in total. The summed E-state index contributed by atoms with van der Waals surface area (Å²) in [5.41, 5.74) is 0.598.